The van der Waals surface area contributed by atoms with Crippen LogP contribution in [-0.4, -0.2) is 53.1 Å². The number of aliphatic hydroxyl groups excluding tert-OH is 2. The molecule has 7 nitrogen and oxygen atoms in total. The van der Waals surface area contributed by atoms with Crippen LogP contribution in [0.1, 0.15) is 277 Å². The predicted octanol–water partition coefficient (Wildman–Crippen LogP) is 14.1. The summed E-state index contributed by atoms with van der Waals surface area (Å²) >= 11 is 0. The molecule has 0 aliphatic heterocycles. The van der Waals surface area contributed by atoms with Crippen LogP contribution in [0.15, 0.2) is 0 Å². The van der Waals surface area contributed by atoms with Crippen LogP contribution in [-0.2, 0) is 14.9 Å². The van der Waals surface area contributed by atoms with E-state index in [9.17, 15) is 28.0 Å². The molecule has 0 fully saturated rings. The maximum absolute atomic E-state index is 12.7. The monoisotopic (exact) mass is 816 g/mol. The first-order valence-electron chi connectivity index (χ1n) is 24.8. The summed E-state index contributed by atoms with van der Waals surface area (Å²) in [6, 6.07) is -1.14. The molecule has 0 aliphatic carbocycles. The molecule has 1 amide bonds. The van der Waals surface area contributed by atoms with Crippen molar-refractivity contribution in [3.8, 4) is 0 Å². The lowest BCUT2D eigenvalue weighted by molar-refractivity contribution is -0.131. The lowest BCUT2D eigenvalue weighted by Crippen LogP contribution is -2.50. The summed E-state index contributed by atoms with van der Waals surface area (Å²) < 4.78 is 32.7. The van der Waals surface area contributed by atoms with Gasteiger partial charge in [-0.2, -0.15) is 8.42 Å². The van der Waals surface area contributed by atoms with Crippen molar-refractivity contribution in [2.24, 2.45) is 0 Å². The zero-order valence-corrected chi connectivity index (χ0v) is 38.2. The summed E-state index contributed by atoms with van der Waals surface area (Å²) in [6.07, 6.45) is 48.4. The third-order valence-corrected chi connectivity index (χ3v) is 12.7. The van der Waals surface area contributed by atoms with Crippen LogP contribution in [0.2, 0.25) is 0 Å². The van der Waals surface area contributed by atoms with Crippen molar-refractivity contribution in [2.45, 2.75) is 295 Å². The molecule has 8 heteroatoms. The largest absolute Gasteiger partial charge is 0.391 e. The Kier molecular flexibility index (Phi) is 41.9. The molecule has 0 rings (SSSR count). The van der Waals surface area contributed by atoms with Crippen LogP contribution in [0, 0.1) is 0 Å². The Morgan fingerprint density at radius 2 is 0.643 bits per heavy atom. The van der Waals surface area contributed by atoms with Gasteiger partial charge < -0.3 is 15.5 Å². The van der Waals surface area contributed by atoms with E-state index in [0.29, 0.717) is 12.8 Å². The molecule has 0 saturated carbocycles. The molecule has 0 aliphatic rings. The molecule has 0 heterocycles. The first-order valence-corrected chi connectivity index (χ1v) is 26.4. The van der Waals surface area contributed by atoms with Gasteiger partial charge in [-0.25, -0.2) is 0 Å². The molecule has 0 spiro atoms. The lowest BCUT2D eigenvalue weighted by Gasteiger charge is -2.24. The fraction of sp³-hybridized carbons (Fsp3) is 0.979. The highest BCUT2D eigenvalue weighted by Crippen LogP contribution is 2.18. The van der Waals surface area contributed by atoms with E-state index in [1.54, 1.807) is 0 Å². The summed E-state index contributed by atoms with van der Waals surface area (Å²) in [4.78, 5) is 12.7. The van der Waals surface area contributed by atoms with E-state index in [1.807, 2.05) is 0 Å². The molecule has 4 N–H and O–H groups in total. The van der Waals surface area contributed by atoms with E-state index < -0.39 is 40.0 Å². The van der Waals surface area contributed by atoms with Crippen LogP contribution in [0.4, 0.5) is 0 Å². The fourth-order valence-corrected chi connectivity index (χ4v) is 8.87. The predicted molar refractivity (Wildman–Crippen MR) is 241 cm³/mol. The van der Waals surface area contributed by atoms with Gasteiger partial charge in [0.2, 0.25) is 5.91 Å². The zero-order chi connectivity index (χ0) is 41.2. The van der Waals surface area contributed by atoms with E-state index >= 15 is 0 Å². The van der Waals surface area contributed by atoms with Crippen molar-refractivity contribution in [1.29, 1.82) is 0 Å². The number of hydrogen-bond donors (Lipinski definition) is 4. The van der Waals surface area contributed by atoms with Gasteiger partial charge in [0.1, 0.15) is 6.10 Å². The zero-order valence-electron chi connectivity index (χ0n) is 37.4. The molecule has 3 unspecified atom stereocenters. The minimum atomic E-state index is -4.41. The topological polar surface area (TPSA) is 124 Å². The van der Waals surface area contributed by atoms with Gasteiger partial charge in [-0.05, 0) is 12.8 Å². The van der Waals surface area contributed by atoms with Crippen LogP contribution in [0.25, 0.3) is 0 Å². The van der Waals surface area contributed by atoms with Crippen LogP contribution < -0.4 is 5.32 Å². The van der Waals surface area contributed by atoms with E-state index in [2.05, 4.69) is 19.2 Å². The normalized spacial score (nSPS) is 13.6. The maximum Gasteiger partial charge on any atom is 0.266 e. The molecular weight excluding hydrogens is 719 g/mol. The third-order valence-electron chi connectivity index (χ3n) is 11.9. The second kappa shape index (κ2) is 42.4. The minimum Gasteiger partial charge on any atom is -0.391 e. The molecule has 0 aromatic carbocycles. The van der Waals surface area contributed by atoms with Crippen molar-refractivity contribution in [2.75, 3.05) is 5.75 Å². The van der Waals surface area contributed by atoms with E-state index in [1.165, 1.54) is 205 Å². The fourth-order valence-electron chi connectivity index (χ4n) is 8.11. The van der Waals surface area contributed by atoms with Gasteiger partial charge in [-0.15, -0.1) is 0 Å². The molecular formula is C48H97NO6S. The third kappa shape index (κ3) is 41.5. The number of carbonyl (C=O) groups is 1. The Hall–Kier alpha value is -0.700. The van der Waals surface area contributed by atoms with E-state index in [4.69, 9.17) is 0 Å². The number of nitrogens with one attached hydrogen (secondary N) is 1. The Balaban J connectivity index is 3.83. The molecule has 0 bridgehead atoms. The molecule has 3 atom stereocenters. The highest BCUT2D eigenvalue weighted by atomic mass is 32.2. The molecule has 0 radical (unpaired) electrons. The Morgan fingerprint density at radius 3 is 0.893 bits per heavy atom. The molecule has 0 saturated heterocycles. The van der Waals surface area contributed by atoms with Crippen molar-refractivity contribution in [1.82, 2.24) is 5.32 Å². The second-order valence-corrected chi connectivity index (χ2v) is 19.1. The summed E-state index contributed by atoms with van der Waals surface area (Å²) in [7, 11) is -4.41. The number of aliphatic hydroxyl groups is 2. The Bertz CT molecular complexity index is 915. The van der Waals surface area contributed by atoms with Gasteiger partial charge >= 0.3 is 0 Å². The number of carbonyl (C=O) groups excluding carboxylic acids is 1. The summed E-state index contributed by atoms with van der Waals surface area (Å²) in [5.74, 6) is -1.44. The van der Waals surface area contributed by atoms with Gasteiger partial charge in [0.15, 0.2) is 0 Å². The van der Waals surface area contributed by atoms with Gasteiger partial charge in [0, 0.05) is 0 Å². The number of amides is 1. The Morgan fingerprint density at radius 1 is 0.411 bits per heavy atom. The summed E-state index contributed by atoms with van der Waals surface area (Å²) in [6.45, 7) is 4.55. The summed E-state index contributed by atoms with van der Waals surface area (Å²) in [5, 5.41) is 23.7. The van der Waals surface area contributed by atoms with Crippen molar-refractivity contribution in [3.05, 3.63) is 0 Å². The smallest absolute Gasteiger partial charge is 0.266 e. The van der Waals surface area contributed by atoms with Crippen molar-refractivity contribution in [3.63, 3.8) is 0 Å². The number of rotatable bonds is 46. The molecule has 336 valence electrons. The van der Waals surface area contributed by atoms with Gasteiger partial charge in [0.25, 0.3) is 10.1 Å². The minimum absolute atomic E-state index is 0.304. The van der Waals surface area contributed by atoms with Crippen molar-refractivity contribution < 1.29 is 28.0 Å². The first-order chi connectivity index (χ1) is 27.2. The maximum atomic E-state index is 12.7. The van der Waals surface area contributed by atoms with Gasteiger partial charge in [-0.3, -0.25) is 9.35 Å². The Labute approximate surface area is 349 Å². The van der Waals surface area contributed by atoms with Gasteiger partial charge in [0.05, 0.1) is 17.9 Å². The lowest BCUT2D eigenvalue weighted by atomic mass is 10.0. The average molecular weight is 816 g/mol. The average Bonchev–Trinajstić information content (AvgIpc) is 3.17. The first kappa shape index (κ1) is 55.3. The van der Waals surface area contributed by atoms with Crippen LogP contribution in [0.3, 0.4) is 0 Å². The standard InChI is InChI=1S/C48H97NO6S/c1-3-5-7-9-11-13-15-17-19-21-23-25-26-28-30-32-34-36-38-40-42-46(50)45(44-56(53,54)55)49-48(52)47(51)43-41-39-37-35-33-31-29-27-24-22-20-18-16-14-12-10-8-6-4-2/h45-47,50-51H,3-44H2,1-2H3,(H,49,52)(H,53,54,55). The van der Waals surface area contributed by atoms with Crippen LogP contribution >= 0.6 is 0 Å². The molecule has 0 aromatic heterocycles. The number of hydrogen-bond acceptors (Lipinski definition) is 5. The second-order valence-electron chi connectivity index (χ2n) is 17.6. The highest BCUT2D eigenvalue weighted by molar-refractivity contribution is 7.85. The van der Waals surface area contributed by atoms with Crippen LogP contribution in [0.5, 0.6) is 0 Å². The summed E-state index contributed by atoms with van der Waals surface area (Å²) in [5.41, 5.74) is 0. The molecule has 0 aromatic rings. The highest BCUT2D eigenvalue weighted by Gasteiger charge is 2.28. The quantitative estimate of drug-likeness (QED) is 0.0358. The van der Waals surface area contributed by atoms with Crippen molar-refractivity contribution >= 4 is 16.0 Å². The SMILES string of the molecule is CCCCCCCCCCCCCCCCCCCCCCC(O)C(CS(=O)(=O)O)NC(=O)C(O)CCCCCCCCCCCCCCCCCCCCC. The van der Waals surface area contributed by atoms with E-state index in [0.717, 1.165) is 44.9 Å². The molecule has 56 heavy (non-hydrogen) atoms. The number of unbranched alkanes of at least 4 members (excludes halogenated alkanes) is 37. The van der Waals surface area contributed by atoms with E-state index in [-0.39, 0.29) is 0 Å². The van der Waals surface area contributed by atoms with Gasteiger partial charge in [-0.1, -0.05) is 264 Å².